The first kappa shape index (κ1) is 18.2. The molecule has 0 aliphatic heterocycles. The van der Waals surface area contributed by atoms with Crippen molar-refractivity contribution in [3.8, 4) is 22.9 Å². The molecule has 0 saturated heterocycles. The molecule has 1 aromatic carbocycles. The fourth-order valence-electron chi connectivity index (χ4n) is 2.43. The summed E-state index contributed by atoms with van der Waals surface area (Å²) in [5.74, 6) is -0.705. The Labute approximate surface area is 150 Å². The van der Waals surface area contributed by atoms with E-state index in [1.54, 1.807) is 12.1 Å². The molecule has 1 aliphatic carbocycles. The summed E-state index contributed by atoms with van der Waals surface area (Å²) in [7, 11) is -0.941. The lowest BCUT2D eigenvalue weighted by atomic mass is 10.0. The molecule has 26 heavy (non-hydrogen) atoms. The van der Waals surface area contributed by atoms with Gasteiger partial charge in [-0.25, -0.2) is 17.9 Å². The van der Waals surface area contributed by atoms with Crippen LogP contribution in [0.25, 0.3) is 11.1 Å². The number of carbonyl (C=O) groups is 1. The van der Waals surface area contributed by atoms with Crippen molar-refractivity contribution in [2.24, 2.45) is 0 Å². The molecule has 2 aromatic rings. The standard InChI is InChI=1S/C17H18N2O6S/c1-24-15-6-5-14(16(18-15)25-2)10-7-11(17(20)21)9-13(8-10)26(22,23)19-12-3-4-12/h5-9,12,19H,3-4H2,1-2H3,(H,20,21). The highest BCUT2D eigenvalue weighted by molar-refractivity contribution is 7.89. The maximum Gasteiger partial charge on any atom is 0.335 e. The molecule has 0 atom stereocenters. The van der Waals surface area contributed by atoms with Gasteiger partial charge in [0.15, 0.2) is 0 Å². The predicted octanol–water partition coefficient (Wildman–Crippen LogP) is 1.90. The molecule has 1 aromatic heterocycles. The number of ether oxygens (including phenoxy) is 2. The molecule has 138 valence electrons. The lowest BCUT2D eigenvalue weighted by Gasteiger charge is -2.12. The van der Waals surface area contributed by atoms with Gasteiger partial charge in [-0.1, -0.05) is 0 Å². The van der Waals surface area contributed by atoms with Crippen LogP contribution in [-0.4, -0.2) is 44.7 Å². The summed E-state index contributed by atoms with van der Waals surface area (Å²) in [5, 5.41) is 9.37. The van der Waals surface area contributed by atoms with E-state index in [2.05, 4.69) is 9.71 Å². The molecule has 1 aliphatic rings. The number of hydrogen-bond donors (Lipinski definition) is 2. The molecule has 0 amide bonds. The Morgan fingerprint density at radius 2 is 1.92 bits per heavy atom. The lowest BCUT2D eigenvalue weighted by molar-refractivity contribution is 0.0696. The van der Waals surface area contributed by atoms with Gasteiger partial charge in [0.05, 0.1) is 24.7 Å². The monoisotopic (exact) mass is 378 g/mol. The van der Waals surface area contributed by atoms with Gasteiger partial charge in [0.1, 0.15) is 0 Å². The Hall–Kier alpha value is -2.65. The summed E-state index contributed by atoms with van der Waals surface area (Å²) in [4.78, 5) is 15.5. The van der Waals surface area contributed by atoms with Crippen LogP contribution in [0.4, 0.5) is 0 Å². The molecule has 1 saturated carbocycles. The Morgan fingerprint density at radius 1 is 1.19 bits per heavy atom. The number of rotatable bonds is 7. The van der Waals surface area contributed by atoms with Gasteiger partial charge in [0, 0.05) is 17.7 Å². The Bertz CT molecular complexity index is 954. The molecular formula is C17H18N2O6S. The van der Waals surface area contributed by atoms with Gasteiger partial charge in [0.25, 0.3) is 0 Å². The largest absolute Gasteiger partial charge is 0.481 e. The van der Waals surface area contributed by atoms with Crippen LogP contribution in [0.5, 0.6) is 11.8 Å². The second-order valence-electron chi connectivity index (χ2n) is 5.86. The summed E-state index contributed by atoms with van der Waals surface area (Å²) < 4.78 is 37.9. The Morgan fingerprint density at radius 3 is 2.50 bits per heavy atom. The van der Waals surface area contributed by atoms with Crippen molar-refractivity contribution in [1.29, 1.82) is 0 Å². The fraction of sp³-hybridized carbons (Fsp3) is 0.294. The van der Waals surface area contributed by atoms with Crippen molar-refractivity contribution in [3.05, 3.63) is 35.9 Å². The zero-order chi connectivity index (χ0) is 18.9. The van der Waals surface area contributed by atoms with Crippen LogP contribution in [0.2, 0.25) is 0 Å². The zero-order valence-electron chi connectivity index (χ0n) is 14.2. The van der Waals surface area contributed by atoms with Gasteiger partial charge >= 0.3 is 5.97 Å². The topological polar surface area (TPSA) is 115 Å². The molecule has 0 unspecified atom stereocenters. The minimum absolute atomic E-state index is 0.0888. The molecule has 0 bridgehead atoms. The predicted molar refractivity (Wildman–Crippen MR) is 93.1 cm³/mol. The van der Waals surface area contributed by atoms with Gasteiger partial charge in [-0.05, 0) is 42.7 Å². The van der Waals surface area contributed by atoms with Crippen LogP contribution in [0.3, 0.4) is 0 Å². The average molecular weight is 378 g/mol. The molecule has 1 fully saturated rings. The first-order chi connectivity index (χ1) is 12.3. The third-order valence-corrected chi connectivity index (χ3v) is 5.41. The number of pyridine rings is 1. The van der Waals surface area contributed by atoms with Crippen LogP contribution in [0.15, 0.2) is 35.2 Å². The highest BCUT2D eigenvalue weighted by Crippen LogP contribution is 2.33. The Balaban J connectivity index is 2.14. The SMILES string of the molecule is COc1ccc(-c2cc(C(=O)O)cc(S(=O)(=O)NC3CC3)c2)c(OC)n1. The second kappa shape index (κ2) is 6.93. The number of nitrogens with zero attached hydrogens (tertiary/aromatic N) is 1. The van der Waals surface area contributed by atoms with Crippen LogP contribution >= 0.6 is 0 Å². The normalized spacial score (nSPS) is 14.1. The van der Waals surface area contributed by atoms with Crippen molar-refractivity contribution in [1.82, 2.24) is 9.71 Å². The Kier molecular flexibility index (Phi) is 4.84. The number of sulfonamides is 1. The summed E-state index contributed by atoms with van der Waals surface area (Å²) >= 11 is 0. The number of hydrogen-bond acceptors (Lipinski definition) is 6. The second-order valence-corrected chi connectivity index (χ2v) is 7.57. The number of carboxylic acid groups (broad SMARTS) is 1. The van der Waals surface area contributed by atoms with Crippen LogP contribution in [0, 0.1) is 0 Å². The van der Waals surface area contributed by atoms with E-state index in [-0.39, 0.29) is 22.4 Å². The van der Waals surface area contributed by atoms with Gasteiger partial charge in [-0.3, -0.25) is 0 Å². The number of benzene rings is 1. The summed E-state index contributed by atoms with van der Waals surface area (Å²) in [6.45, 7) is 0. The molecule has 0 radical (unpaired) electrons. The fourth-order valence-corrected chi connectivity index (χ4v) is 3.81. The van der Waals surface area contributed by atoms with Gasteiger partial charge in [0.2, 0.25) is 21.8 Å². The minimum atomic E-state index is -3.82. The van der Waals surface area contributed by atoms with E-state index < -0.39 is 16.0 Å². The first-order valence-corrected chi connectivity index (χ1v) is 9.32. The third-order valence-electron chi connectivity index (χ3n) is 3.91. The highest BCUT2D eigenvalue weighted by Gasteiger charge is 2.29. The number of nitrogens with one attached hydrogen (secondary N) is 1. The van der Waals surface area contributed by atoms with Gasteiger partial charge < -0.3 is 14.6 Å². The van der Waals surface area contributed by atoms with E-state index in [1.165, 1.54) is 26.4 Å². The molecule has 1 heterocycles. The van der Waals surface area contributed by atoms with E-state index in [0.29, 0.717) is 17.0 Å². The van der Waals surface area contributed by atoms with E-state index in [0.717, 1.165) is 18.9 Å². The number of aromatic carboxylic acids is 1. The maximum absolute atomic E-state index is 12.5. The van der Waals surface area contributed by atoms with E-state index in [4.69, 9.17) is 9.47 Å². The molecule has 3 rings (SSSR count). The smallest absolute Gasteiger partial charge is 0.335 e. The molecule has 0 spiro atoms. The van der Waals surface area contributed by atoms with E-state index >= 15 is 0 Å². The summed E-state index contributed by atoms with van der Waals surface area (Å²) in [6, 6.07) is 7.06. The zero-order valence-corrected chi connectivity index (χ0v) is 15.0. The highest BCUT2D eigenvalue weighted by atomic mass is 32.2. The van der Waals surface area contributed by atoms with Crippen LogP contribution in [0.1, 0.15) is 23.2 Å². The molecule has 2 N–H and O–H groups in total. The quantitative estimate of drug-likeness (QED) is 0.756. The summed E-state index contributed by atoms with van der Waals surface area (Å²) in [5.41, 5.74) is 0.684. The number of aromatic nitrogens is 1. The van der Waals surface area contributed by atoms with Crippen molar-refractivity contribution < 1.29 is 27.8 Å². The average Bonchev–Trinajstić information content (AvgIpc) is 3.43. The van der Waals surface area contributed by atoms with Gasteiger partial charge in [-0.15, -0.1) is 0 Å². The van der Waals surface area contributed by atoms with Crippen LogP contribution in [-0.2, 0) is 10.0 Å². The number of methoxy groups -OCH3 is 2. The molecule has 9 heteroatoms. The molecular weight excluding hydrogens is 360 g/mol. The van der Waals surface area contributed by atoms with Crippen LogP contribution < -0.4 is 14.2 Å². The molecule has 8 nitrogen and oxygen atoms in total. The minimum Gasteiger partial charge on any atom is -0.481 e. The first-order valence-electron chi connectivity index (χ1n) is 7.84. The van der Waals surface area contributed by atoms with Crippen molar-refractivity contribution >= 4 is 16.0 Å². The van der Waals surface area contributed by atoms with Crippen molar-refractivity contribution in [3.63, 3.8) is 0 Å². The van der Waals surface area contributed by atoms with E-state index in [9.17, 15) is 18.3 Å². The van der Waals surface area contributed by atoms with Gasteiger partial charge in [-0.2, -0.15) is 4.98 Å². The van der Waals surface area contributed by atoms with Crippen molar-refractivity contribution in [2.45, 2.75) is 23.8 Å². The van der Waals surface area contributed by atoms with Crippen molar-refractivity contribution in [2.75, 3.05) is 14.2 Å². The maximum atomic E-state index is 12.5. The lowest BCUT2D eigenvalue weighted by Crippen LogP contribution is -2.26. The summed E-state index contributed by atoms with van der Waals surface area (Å²) in [6.07, 6.45) is 1.56. The number of carboxylic acids is 1. The third kappa shape index (κ3) is 3.78. The van der Waals surface area contributed by atoms with E-state index in [1.807, 2.05) is 0 Å².